The van der Waals surface area contributed by atoms with Crippen LogP contribution in [-0.2, 0) is 6.54 Å². The summed E-state index contributed by atoms with van der Waals surface area (Å²) in [7, 11) is 0. The molecule has 0 aliphatic carbocycles. The molecule has 6 aromatic rings. The normalized spacial score (nSPS) is 10.9. The van der Waals surface area contributed by atoms with E-state index in [1.807, 2.05) is 103 Å². The smallest absolute Gasteiger partial charge is 0.265 e. The summed E-state index contributed by atoms with van der Waals surface area (Å²) >= 11 is 3.00. The molecule has 0 radical (unpaired) electrons. The standard InChI is InChI=1S/C30H23N5O2S2/c31-24-13-10-21(27-7-4-16-38-27)17-25(24)32-30(36)29-15-14-28(39-29)26-19-35(34-33-26)18-20-8-11-23(12-9-20)37-22-5-2-1-3-6-22/h1-17,19H,18,31H2,(H,32,36). The summed E-state index contributed by atoms with van der Waals surface area (Å²) in [6.45, 7) is 0.567. The number of rotatable bonds is 8. The molecule has 3 aromatic heterocycles. The van der Waals surface area contributed by atoms with Crippen molar-refractivity contribution in [2.45, 2.75) is 6.54 Å². The van der Waals surface area contributed by atoms with Crippen molar-refractivity contribution in [2.75, 3.05) is 11.1 Å². The van der Waals surface area contributed by atoms with Crippen molar-refractivity contribution in [1.29, 1.82) is 0 Å². The molecule has 3 aromatic carbocycles. The number of ether oxygens (including phenoxy) is 1. The first-order valence-corrected chi connectivity index (χ1v) is 13.9. The lowest BCUT2D eigenvalue weighted by Gasteiger charge is -2.09. The van der Waals surface area contributed by atoms with E-state index < -0.39 is 0 Å². The molecule has 39 heavy (non-hydrogen) atoms. The molecule has 1 amide bonds. The Morgan fingerprint density at radius 1 is 0.897 bits per heavy atom. The third kappa shape index (κ3) is 5.74. The fraction of sp³-hybridized carbons (Fsp3) is 0.0333. The first-order valence-electron chi connectivity index (χ1n) is 12.2. The molecular formula is C30H23N5O2S2. The van der Waals surface area contributed by atoms with E-state index >= 15 is 0 Å². The lowest BCUT2D eigenvalue weighted by molar-refractivity contribution is 0.103. The molecule has 192 valence electrons. The van der Waals surface area contributed by atoms with Gasteiger partial charge in [-0.25, -0.2) is 4.68 Å². The van der Waals surface area contributed by atoms with Crippen LogP contribution in [0.25, 0.3) is 21.0 Å². The average molecular weight is 550 g/mol. The summed E-state index contributed by atoms with van der Waals surface area (Å²) in [6.07, 6.45) is 1.88. The van der Waals surface area contributed by atoms with Gasteiger partial charge in [0.05, 0.1) is 33.9 Å². The number of nitrogen functional groups attached to an aromatic ring is 1. The highest BCUT2D eigenvalue weighted by Crippen LogP contribution is 2.32. The van der Waals surface area contributed by atoms with Crippen molar-refractivity contribution in [3.05, 3.63) is 119 Å². The van der Waals surface area contributed by atoms with Crippen molar-refractivity contribution in [2.24, 2.45) is 0 Å². The lowest BCUT2D eigenvalue weighted by atomic mass is 10.1. The van der Waals surface area contributed by atoms with Crippen LogP contribution < -0.4 is 15.8 Å². The quantitative estimate of drug-likeness (QED) is 0.193. The highest BCUT2D eigenvalue weighted by molar-refractivity contribution is 7.17. The molecule has 0 spiro atoms. The molecule has 7 nitrogen and oxygen atoms in total. The summed E-state index contributed by atoms with van der Waals surface area (Å²) in [5.74, 6) is 1.35. The van der Waals surface area contributed by atoms with Crippen LogP contribution >= 0.6 is 22.7 Å². The SMILES string of the molecule is Nc1ccc(-c2cccs2)cc1NC(=O)c1ccc(-c2cn(Cc3ccc(Oc4ccccc4)cc3)nn2)s1. The zero-order valence-electron chi connectivity index (χ0n) is 20.7. The Morgan fingerprint density at radius 2 is 1.72 bits per heavy atom. The molecule has 0 unspecified atom stereocenters. The zero-order chi connectivity index (χ0) is 26.6. The lowest BCUT2D eigenvalue weighted by Crippen LogP contribution is -2.11. The highest BCUT2D eigenvalue weighted by Gasteiger charge is 2.15. The van der Waals surface area contributed by atoms with Gasteiger partial charge in [0.2, 0.25) is 0 Å². The Bertz CT molecular complexity index is 1710. The molecule has 0 saturated heterocycles. The van der Waals surface area contributed by atoms with E-state index in [9.17, 15) is 4.79 Å². The zero-order valence-corrected chi connectivity index (χ0v) is 22.3. The first-order chi connectivity index (χ1) is 19.1. The number of amides is 1. The average Bonchev–Trinajstić information content (AvgIpc) is 3.74. The van der Waals surface area contributed by atoms with Crippen molar-refractivity contribution in [3.8, 4) is 32.5 Å². The second-order valence-corrected chi connectivity index (χ2v) is 10.8. The summed E-state index contributed by atoms with van der Waals surface area (Å²) in [6, 6.07) is 30.9. The number of anilines is 2. The molecule has 0 bridgehead atoms. The van der Waals surface area contributed by atoms with Gasteiger partial charge in [-0.05, 0) is 71.1 Å². The number of hydrogen-bond acceptors (Lipinski definition) is 7. The number of carbonyl (C=O) groups is 1. The fourth-order valence-electron chi connectivity index (χ4n) is 4.01. The highest BCUT2D eigenvalue weighted by atomic mass is 32.1. The van der Waals surface area contributed by atoms with Crippen molar-refractivity contribution >= 4 is 40.0 Å². The van der Waals surface area contributed by atoms with E-state index in [2.05, 4.69) is 15.6 Å². The van der Waals surface area contributed by atoms with E-state index in [-0.39, 0.29) is 5.91 Å². The maximum atomic E-state index is 13.0. The molecule has 0 fully saturated rings. The van der Waals surface area contributed by atoms with Gasteiger partial charge < -0.3 is 15.8 Å². The monoisotopic (exact) mass is 549 g/mol. The minimum atomic E-state index is -0.216. The first kappa shape index (κ1) is 24.6. The van der Waals surface area contributed by atoms with Crippen molar-refractivity contribution in [3.63, 3.8) is 0 Å². The number of hydrogen-bond donors (Lipinski definition) is 2. The van der Waals surface area contributed by atoms with E-state index in [1.54, 1.807) is 22.1 Å². The predicted molar refractivity (Wildman–Crippen MR) is 158 cm³/mol. The predicted octanol–water partition coefficient (Wildman–Crippen LogP) is 7.41. The minimum absolute atomic E-state index is 0.216. The third-order valence-corrected chi connectivity index (χ3v) is 8.00. The topological polar surface area (TPSA) is 95.1 Å². The van der Waals surface area contributed by atoms with Gasteiger partial charge in [-0.2, -0.15) is 0 Å². The van der Waals surface area contributed by atoms with Gasteiger partial charge in [-0.3, -0.25) is 4.79 Å². The number of nitrogens with two attached hydrogens (primary N) is 1. The summed E-state index contributed by atoms with van der Waals surface area (Å²) in [5.41, 5.74) is 10.0. The van der Waals surface area contributed by atoms with Gasteiger partial charge in [0.1, 0.15) is 17.2 Å². The van der Waals surface area contributed by atoms with Crippen LogP contribution in [0.15, 0.2) is 109 Å². The third-order valence-electron chi connectivity index (χ3n) is 5.97. The van der Waals surface area contributed by atoms with Crippen LogP contribution in [0.1, 0.15) is 15.2 Å². The molecule has 0 saturated carbocycles. The molecule has 3 heterocycles. The Balaban J connectivity index is 1.10. The van der Waals surface area contributed by atoms with Gasteiger partial charge >= 0.3 is 0 Å². The molecule has 6 rings (SSSR count). The van der Waals surface area contributed by atoms with Crippen LogP contribution in [0.2, 0.25) is 0 Å². The van der Waals surface area contributed by atoms with Gasteiger partial charge in [-0.15, -0.1) is 27.8 Å². The number of nitrogens with zero attached hydrogens (tertiary/aromatic N) is 3. The number of nitrogens with one attached hydrogen (secondary N) is 1. The number of benzene rings is 3. The maximum absolute atomic E-state index is 13.0. The fourth-order valence-corrected chi connectivity index (χ4v) is 5.58. The van der Waals surface area contributed by atoms with Gasteiger partial charge in [0, 0.05) is 4.88 Å². The van der Waals surface area contributed by atoms with Gasteiger partial charge in [-0.1, -0.05) is 47.7 Å². The Labute approximate surface area is 233 Å². The van der Waals surface area contributed by atoms with Crippen LogP contribution in [0.3, 0.4) is 0 Å². The number of para-hydroxylation sites is 1. The van der Waals surface area contributed by atoms with Gasteiger partial charge in [0.15, 0.2) is 0 Å². The second kappa shape index (κ2) is 10.9. The molecule has 0 atom stereocenters. The van der Waals surface area contributed by atoms with Crippen LogP contribution in [0, 0.1) is 0 Å². The van der Waals surface area contributed by atoms with E-state index in [4.69, 9.17) is 10.5 Å². The largest absolute Gasteiger partial charge is 0.457 e. The van der Waals surface area contributed by atoms with Crippen molar-refractivity contribution in [1.82, 2.24) is 15.0 Å². The van der Waals surface area contributed by atoms with E-state index in [0.717, 1.165) is 32.4 Å². The second-order valence-electron chi connectivity index (χ2n) is 8.76. The molecule has 9 heteroatoms. The molecule has 0 aliphatic heterocycles. The van der Waals surface area contributed by atoms with E-state index in [1.165, 1.54) is 11.3 Å². The van der Waals surface area contributed by atoms with Gasteiger partial charge in [0.25, 0.3) is 5.91 Å². The molecule has 0 aliphatic rings. The number of carbonyl (C=O) groups excluding carboxylic acids is 1. The van der Waals surface area contributed by atoms with Crippen molar-refractivity contribution < 1.29 is 9.53 Å². The summed E-state index contributed by atoms with van der Waals surface area (Å²) < 4.78 is 7.64. The number of aromatic nitrogens is 3. The molecule has 3 N–H and O–H groups in total. The Morgan fingerprint density at radius 3 is 2.51 bits per heavy atom. The Kier molecular flexibility index (Phi) is 6.90. The van der Waals surface area contributed by atoms with E-state index in [0.29, 0.717) is 28.5 Å². The summed E-state index contributed by atoms with van der Waals surface area (Å²) in [4.78, 5) is 15.5. The summed E-state index contributed by atoms with van der Waals surface area (Å²) in [5, 5.41) is 13.6. The van der Waals surface area contributed by atoms with Crippen LogP contribution in [-0.4, -0.2) is 20.9 Å². The minimum Gasteiger partial charge on any atom is -0.457 e. The molecular weight excluding hydrogens is 526 g/mol. The number of thiophene rings is 2. The Hall–Kier alpha value is -4.73. The maximum Gasteiger partial charge on any atom is 0.265 e. The van der Waals surface area contributed by atoms with Crippen LogP contribution in [0.5, 0.6) is 11.5 Å². The van der Waals surface area contributed by atoms with Crippen LogP contribution in [0.4, 0.5) is 11.4 Å².